The summed E-state index contributed by atoms with van der Waals surface area (Å²) >= 11 is 0. The minimum absolute atomic E-state index is 0.0364. The van der Waals surface area contributed by atoms with E-state index in [9.17, 15) is 13.2 Å². The number of sulfonamides is 1. The second-order valence-corrected chi connectivity index (χ2v) is 6.25. The molecule has 7 heteroatoms. The average molecular weight is 308 g/mol. The molecule has 0 radical (unpaired) electrons. The Morgan fingerprint density at radius 2 is 2.05 bits per heavy atom. The van der Waals surface area contributed by atoms with Gasteiger partial charge in [-0.25, -0.2) is 13.6 Å². The van der Waals surface area contributed by atoms with Gasteiger partial charge in [0.2, 0.25) is 10.0 Å². The van der Waals surface area contributed by atoms with Crippen molar-refractivity contribution >= 4 is 15.9 Å². The highest BCUT2D eigenvalue weighted by Crippen LogP contribution is 2.20. The van der Waals surface area contributed by atoms with Gasteiger partial charge < -0.3 is 9.73 Å². The fraction of sp³-hybridized carbons (Fsp3) is 0.214. The number of hydrogen-bond acceptors (Lipinski definition) is 4. The van der Waals surface area contributed by atoms with Crippen LogP contribution < -0.4 is 10.5 Å². The van der Waals surface area contributed by atoms with Crippen molar-refractivity contribution in [3.05, 3.63) is 53.0 Å². The normalized spacial score (nSPS) is 11.4. The predicted molar refractivity (Wildman–Crippen MR) is 77.2 cm³/mol. The van der Waals surface area contributed by atoms with Crippen LogP contribution in [0.25, 0.3) is 0 Å². The van der Waals surface area contributed by atoms with Crippen molar-refractivity contribution in [1.82, 2.24) is 5.32 Å². The van der Waals surface area contributed by atoms with Crippen LogP contribution in [0.5, 0.6) is 0 Å². The standard InChI is InChI=1S/C14H16N2O4S/c1-9-6-11(7-13(10(9)2)21(15,18)19)14(17)16-8-12-4-3-5-20-12/h3-7H,8H2,1-2H3,(H,16,17)(H2,15,18,19). The number of carbonyl (C=O) groups excluding carboxylic acids is 1. The van der Waals surface area contributed by atoms with Gasteiger partial charge in [0, 0.05) is 5.56 Å². The summed E-state index contributed by atoms with van der Waals surface area (Å²) in [6.45, 7) is 3.61. The minimum Gasteiger partial charge on any atom is -0.467 e. The van der Waals surface area contributed by atoms with E-state index < -0.39 is 10.0 Å². The maximum atomic E-state index is 12.1. The second-order valence-electron chi connectivity index (χ2n) is 4.72. The summed E-state index contributed by atoms with van der Waals surface area (Å²) in [5, 5.41) is 7.83. The molecule has 21 heavy (non-hydrogen) atoms. The molecule has 0 aliphatic rings. The number of primary sulfonamides is 1. The van der Waals surface area contributed by atoms with Crippen molar-refractivity contribution in [2.75, 3.05) is 0 Å². The molecule has 1 heterocycles. The third kappa shape index (κ3) is 3.50. The smallest absolute Gasteiger partial charge is 0.251 e. The van der Waals surface area contributed by atoms with E-state index in [1.165, 1.54) is 12.3 Å². The lowest BCUT2D eigenvalue weighted by atomic mass is 10.1. The number of hydrogen-bond donors (Lipinski definition) is 2. The molecule has 1 aromatic heterocycles. The molecule has 0 atom stereocenters. The summed E-state index contributed by atoms with van der Waals surface area (Å²) in [5.41, 5.74) is 1.47. The van der Waals surface area contributed by atoms with Crippen LogP contribution in [-0.2, 0) is 16.6 Å². The molecule has 0 saturated heterocycles. The second kappa shape index (κ2) is 5.71. The van der Waals surface area contributed by atoms with E-state index in [1.54, 1.807) is 32.0 Å². The predicted octanol–water partition coefficient (Wildman–Crippen LogP) is 1.47. The Hall–Kier alpha value is -2.12. The zero-order valence-electron chi connectivity index (χ0n) is 11.7. The van der Waals surface area contributed by atoms with Crippen molar-refractivity contribution < 1.29 is 17.6 Å². The van der Waals surface area contributed by atoms with E-state index in [-0.39, 0.29) is 22.9 Å². The van der Waals surface area contributed by atoms with Gasteiger partial charge in [0.1, 0.15) is 5.76 Å². The van der Waals surface area contributed by atoms with Gasteiger partial charge in [-0.05, 0) is 49.2 Å². The van der Waals surface area contributed by atoms with Crippen molar-refractivity contribution in [1.29, 1.82) is 0 Å². The molecule has 0 aliphatic heterocycles. The Kier molecular flexibility index (Phi) is 4.15. The zero-order valence-corrected chi connectivity index (χ0v) is 12.5. The Morgan fingerprint density at radius 1 is 1.33 bits per heavy atom. The molecule has 0 saturated carbocycles. The maximum absolute atomic E-state index is 12.1. The summed E-state index contributed by atoms with van der Waals surface area (Å²) in [6, 6.07) is 6.36. The lowest BCUT2D eigenvalue weighted by Gasteiger charge is -2.10. The van der Waals surface area contributed by atoms with E-state index in [4.69, 9.17) is 9.56 Å². The zero-order chi connectivity index (χ0) is 15.6. The van der Waals surface area contributed by atoms with Gasteiger partial charge in [-0.1, -0.05) is 0 Å². The van der Waals surface area contributed by atoms with Crippen LogP contribution >= 0.6 is 0 Å². The number of carbonyl (C=O) groups is 1. The van der Waals surface area contributed by atoms with Gasteiger partial charge in [0.25, 0.3) is 5.91 Å². The first kappa shape index (κ1) is 15.3. The number of benzene rings is 1. The Bertz CT molecular complexity index is 765. The van der Waals surface area contributed by atoms with E-state index in [2.05, 4.69) is 5.32 Å². The Balaban J connectivity index is 2.27. The molecule has 6 nitrogen and oxygen atoms in total. The lowest BCUT2D eigenvalue weighted by molar-refractivity contribution is 0.0947. The van der Waals surface area contributed by atoms with Crippen LogP contribution in [-0.4, -0.2) is 14.3 Å². The number of amides is 1. The third-order valence-corrected chi connectivity index (χ3v) is 4.23. The molecule has 0 unspecified atom stereocenters. The first-order chi connectivity index (χ1) is 9.79. The number of aryl methyl sites for hydroxylation is 1. The lowest BCUT2D eigenvalue weighted by Crippen LogP contribution is -2.24. The highest BCUT2D eigenvalue weighted by molar-refractivity contribution is 7.89. The first-order valence-electron chi connectivity index (χ1n) is 6.23. The third-order valence-electron chi connectivity index (χ3n) is 3.19. The van der Waals surface area contributed by atoms with Gasteiger partial charge in [0.05, 0.1) is 17.7 Å². The molecule has 1 aromatic carbocycles. The largest absolute Gasteiger partial charge is 0.467 e. The maximum Gasteiger partial charge on any atom is 0.251 e. The van der Waals surface area contributed by atoms with Crippen LogP contribution in [0.1, 0.15) is 27.2 Å². The number of furan rings is 1. The number of rotatable bonds is 4. The van der Waals surface area contributed by atoms with Gasteiger partial charge in [0.15, 0.2) is 0 Å². The van der Waals surface area contributed by atoms with Gasteiger partial charge in [-0.2, -0.15) is 0 Å². The summed E-state index contributed by atoms with van der Waals surface area (Å²) in [4.78, 5) is 12.1. The molecule has 0 bridgehead atoms. The number of nitrogens with two attached hydrogens (primary N) is 1. The molecule has 1 amide bonds. The fourth-order valence-corrected chi connectivity index (χ4v) is 2.82. The van der Waals surface area contributed by atoms with Gasteiger partial charge in [-0.3, -0.25) is 4.79 Å². The van der Waals surface area contributed by atoms with E-state index >= 15 is 0 Å². The van der Waals surface area contributed by atoms with Crippen LogP contribution in [0.15, 0.2) is 39.8 Å². The molecule has 0 fully saturated rings. The fourth-order valence-electron chi connectivity index (χ4n) is 1.94. The molecule has 2 rings (SSSR count). The Labute approximate surface area is 123 Å². The summed E-state index contributed by atoms with van der Waals surface area (Å²) < 4.78 is 28.2. The van der Waals surface area contributed by atoms with Crippen LogP contribution in [0.2, 0.25) is 0 Å². The van der Waals surface area contributed by atoms with Crippen LogP contribution in [0, 0.1) is 13.8 Å². The summed E-state index contributed by atoms with van der Waals surface area (Å²) in [7, 11) is -3.87. The van der Waals surface area contributed by atoms with E-state index in [0.717, 1.165) is 0 Å². The monoisotopic (exact) mass is 308 g/mol. The summed E-state index contributed by atoms with van der Waals surface area (Å²) in [5.74, 6) is 0.221. The molecular formula is C14H16N2O4S. The van der Waals surface area contributed by atoms with Crippen molar-refractivity contribution in [3.8, 4) is 0 Å². The van der Waals surface area contributed by atoms with Gasteiger partial charge in [-0.15, -0.1) is 0 Å². The molecule has 112 valence electrons. The van der Waals surface area contributed by atoms with Crippen molar-refractivity contribution in [2.45, 2.75) is 25.3 Å². The molecule has 0 spiro atoms. The molecule has 3 N–H and O–H groups in total. The quantitative estimate of drug-likeness (QED) is 0.892. The SMILES string of the molecule is Cc1cc(C(=O)NCc2ccco2)cc(S(N)(=O)=O)c1C. The highest BCUT2D eigenvalue weighted by Gasteiger charge is 2.17. The summed E-state index contributed by atoms with van der Waals surface area (Å²) in [6.07, 6.45) is 1.51. The average Bonchev–Trinajstić information content (AvgIpc) is 2.90. The van der Waals surface area contributed by atoms with E-state index in [0.29, 0.717) is 16.9 Å². The molecular weight excluding hydrogens is 292 g/mol. The molecule has 2 aromatic rings. The first-order valence-corrected chi connectivity index (χ1v) is 7.78. The highest BCUT2D eigenvalue weighted by atomic mass is 32.2. The van der Waals surface area contributed by atoms with Gasteiger partial charge >= 0.3 is 0 Å². The Morgan fingerprint density at radius 3 is 2.62 bits per heavy atom. The molecule has 0 aliphatic carbocycles. The minimum atomic E-state index is -3.87. The van der Waals surface area contributed by atoms with Crippen molar-refractivity contribution in [3.63, 3.8) is 0 Å². The topological polar surface area (TPSA) is 102 Å². The number of nitrogens with one attached hydrogen (secondary N) is 1. The van der Waals surface area contributed by atoms with Crippen LogP contribution in [0.3, 0.4) is 0 Å². The van der Waals surface area contributed by atoms with Crippen molar-refractivity contribution in [2.24, 2.45) is 5.14 Å². The van der Waals surface area contributed by atoms with Crippen LogP contribution in [0.4, 0.5) is 0 Å². The van der Waals surface area contributed by atoms with E-state index in [1.807, 2.05) is 0 Å².